The normalized spacial score (nSPS) is 18.4. The van der Waals surface area contributed by atoms with Gasteiger partial charge in [0.15, 0.2) is 0 Å². The van der Waals surface area contributed by atoms with Crippen LogP contribution in [-0.2, 0) is 20.9 Å². The van der Waals surface area contributed by atoms with E-state index in [9.17, 15) is 9.59 Å². The van der Waals surface area contributed by atoms with Gasteiger partial charge in [0.1, 0.15) is 0 Å². The summed E-state index contributed by atoms with van der Waals surface area (Å²) in [4.78, 5) is 22.0. The minimum absolute atomic E-state index is 0.261. The number of aliphatic carboxylic acids is 1. The molecule has 0 radical (unpaired) electrons. The molecule has 0 saturated carbocycles. The van der Waals surface area contributed by atoms with Crippen LogP contribution in [-0.4, -0.2) is 33.9 Å². The van der Waals surface area contributed by atoms with Gasteiger partial charge in [-0.15, -0.1) is 0 Å². The van der Waals surface area contributed by atoms with E-state index in [1.165, 1.54) is 7.11 Å². The summed E-state index contributed by atoms with van der Waals surface area (Å²) in [5, 5.41) is 13.2. The summed E-state index contributed by atoms with van der Waals surface area (Å²) in [7, 11) is 1.36. The highest BCUT2D eigenvalue weighted by Gasteiger charge is 2.21. The molecule has 1 heterocycles. The molecule has 108 valence electrons. The van der Waals surface area contributed by atoms with E-state index in [2.05, 4.69) is 9.84 Å². The Morgan fingerprint density at radius 1 is 1.55 bits per heavy atom. The van der Waals surface area contributed by atoms with Gasteiger partial charge < -0.3 is 9.84 Å². The van der Waals surface area contributed by atoms with E-state index in [1.807, 2.05) is 12.3 Å². The number of aryl methyl sites for hydroxylation is 1. The summed E-state index contributed by atoms with van der Waals surface area (Å²) in [6.07, 6.45) is 7.88. The van der Waals surface area contributed by atoms with Gasteiger partial charge >= 0.3 is 11.9 Å². The number of ether oxygens (including phenoxy) is 1. The Morgan fingerprint density at radius 2 is 2.35 bits per heavy atom. The van der Waals surface area contributed by atoms with Crippen LogP contribution in [0.4, 0.5) is 0 Å². The van der Waals surface area contributed by atoms with Gasteiger partial charge in [-0.1, -0.05) is 6.08 Å². The highest BCUT2D eigenvalue weighted by Crippen LogP contribution is 2.30. The predicted octanol–water partition coefficient (Wildman–Crippen LogP) is 1.71. The van der Waals surface area contributed by atoms with Crippen molar-refractivity contribution in [2.24, 2.45) is 5.92 Å². The Kier molecular flexibility index (Phi) is 4.55. The van der Waals surface area contributed by atoms with Crippen molar-refractivity contribution in [1.82, 2.24) is 9.78 Å². The maximum atomic E-state index is 11.1. The van der Waals surface area contributed by atoms with Gasteiger partial charge in [0.25, 0.3) is 0 Å². The van der Waals surface area contributed by atoms with E-state index in [-0.39, 0.29) is 18.3 Å². The number of carbonyl (C=O) groups excluding carboxylic acids is 1. The van der Waals surface area contributed by atoms with Crippen LogP contribution in [0.15, 0.2) is 18.5 Å². The topological polar surface area (TPSA) is 81.4 Å². The fourth-order valence-corrected chi connectivity index (χ4v) is 2.28. The summed E-state index contributed by atoms with van der Waals surface area (Å²) in [6, 6.07) is 0. The summed E-state index contributed by atoms with van der Waals surface area (Å²) in [5.41, 5.74) is 2.13. The van der Waals surface area contributed by atoms with Gasteiger partial charge in [-0.3, -0.25) is 14.3 Å². The molecule has 1 aliphatic rings. The molecule has 1 aliphatic carbocycles. The Labute approximate surface area is 117 Å². The first-order valence-corrected chi connectivity index (χ1v) is 6.61. The fourth-order valence-electron chi connectivity index (χ4n) is 2.28. The second-order valence-electron chi connectivity index (χ2n) is 4.86. The number of nitrogens with zero attached hydrogens (tertiary/aromatic N) is 2. The lowest BCUT2D eigenvalue weighted by Gasteiger charge is -2.17. The minimum Gasteiger partial charge on any atom is -0.481 e. The Morgan fingerprint density at radius 3 is 2.95 bits per heavy atom. The molecule has 0 spiro atoms. The van der Waals surface area contributed by atoms with Crippen LogP contribution in [0.1, 0.15) is 31.2 Å². The van der Waals surface area contributed by atoms with Crippen molar-refractivity contribution >= 4 is 17.5 Å². The smallest absolute Gasteiger partial charge is 0.307 e. The number of hydrogen-bond acceptors (Lipinski definition) is 4. The first-order valence-electron chi connectivity index (χ1n) is 6.61. The van der Waals surface area contributed by atoms with Crippen LogP contribution in [0.2, 0.25) is 0 Å². The number of carboxylic acids is 1. The van der Waals surface area contributed by atoms with Crippen molar-refractivity contribution in [1.29, 1.82) is 0 Å². The zero-order valence-corrected chi connectivity index (χ0v) is 11.4. The van der Waals surface area contributed by atoms with Gasteiger partial charge in [-0.05, 0) is 24.8 Å². The van der Waals surface area contributed by atoms with Crippen molar-refractivity contribution in [3.63, 3.8) is 0 Å². The average Bonchev–Trinajstić information content (AvgIpc) is 2.93. The molecule has 0 aliphatic heterocycles. The van der Waals surface area contributed by atoms with Crippen molar-refractivity contribution in [2.75, 3.05) is 7.11 Å². The summed E-state index contributed by atoms with van der Waals surface area (Å²) < 4.78 is 6.29. The predicted molar refractivity (Wildman–Crippen MR) is 71.8 cm³/mol. The highest BCUT2D eigenvalue weighted by molar-refractivity contribution is 5.73. The first-order chi connectivity index (χ1) is 9.60. The van der Waals surface area contributed by atoms with Crippen LogP contribution >= 0.6 is 0 Å². The Hall–Kier alpha value is -2.11. The van der Waals surface area contributed by atoms with Crippen LogP contribution in [0.25, 0.3) is 5.57 Å². The molecule has 0 bridgehead atoms. The third kappa shape index (κ3) is 3.46. The monoisotopic (exact) mass is 278 g/mol. The lowest BCUT2D eigenvalue weighted by molar-refractivity contribution is -0.142. The third-order valence-electron chi connectivity index (χ3n) is 3.54. The van der Waals surface area contributed by atoms with E-state index >= 15 is 0 Å². The lowest BCUT2D eigenvalue weighted by atomic mass is 9.88. The highest BCUT2D eigenvalue weighted by atomic mass is 16.5. The molecule has 0 amide bonds. The number of hydrogen-bond donors (Lipinski definition) is 1. The SMILES string of the molecule is COC(=O)CCn1cc(C2=CCC(C(=O)O)CC2)cn1. The number of carboxylic acid groups (broad SMARTS) is 1. The standard InChI is InChI=1S/C14H18N2O4/c1-20-13(17)6-7-16-9-12(8-15-16)10-2-4-11(5-3-10)14(18)19/h2,8-9,11H,3-7H2,1H3,(H,18,19). The number of aromatic nitrogens is 2. The maximum absolute atomic E-state index is 11.1. The molecule has 1 atom stereocenters. The first kappa shape index (κ1) is 14.3. The van der Waals surface area contributed by atoms with Crippen molar-refractivity contribution < 1.29 is 19.4 Å². The third-order valence-corrected chi connectivity index (χ3v) is 3.54. The van der Waals surface area contributed by atoms with E-state index in [4.69, 9.17) is 5.11 Å². The lowest BCUT2D eigenvalue weighted by Crippen LogP contribution is -2.15. The van der Waals surface area contributed by atoms with Crippen molar-refractivity contribution in [3.8, 4) is 0 Å². The van der Waals surface area contributed by atoms with E-state index < -0.39 is 5.97 Å². The van der Waals surface area contributed by atoms with Gasteiger partial charge in [-0.25, -0.2) is 0 Å². The zero-order valence-electron chi connectivity index (χ0n) is 11.4. The number of rotatable bonds is 5. The van der Waals surface area contributed by atoms with Gasteiger partial charge in [0.05, 0.1) is 32.2 Å². The quantitative estimate of drug-likeness (QED) is 0.829. The average molecular weight is 278 g/mol. The molecule has 2 rings (SSSR count). The summed E-state index contributed by atoms with van der Waals surface area (Å²) >= 11 is 0. The number of methoxy groups -OCH3 is 1. The molecular formula is C14H18N2O4. The molecule has 0 saturated heterocycles. The van der Waals surface area contributed by atoms with Crippen LogP contribution in [0, 0.1) is 5.92 Å². The molecule has 20 heavy (non-hydrogen) atoms. The van der Waals surface area contributed by atoms with Crippen molar-refractivity contribution in [3.05, 3.63) is 24.0 Å². The van der Waals surface area contributed by atoms with E-state index in [0.717, 1.165) is 17.6 Å². The molecule has 6 heteroatoms. The molecule has 0 aromatic carbocycles. The summed E-state index contributed by atoms with van der Waals surface area (Å²) in [5.74, 6) is -1.26. The Balaban J connectivity index is 1.96. The molecular weight excluding hydrogens is 260 g/mol. The van der Waals surface area contributed by atoms with Gasteiger partial charge in [0, 0.05) is 11.8 Å². The molecule has 6 nitrogen and oxygen atoms in total. The van der Waals surface area contributed by atoms with Crippen molar-refractivity contribution in [2.45, 2.75) is 32.2 Å². The molecule has 1 aromatic rings. The van der Waals surface area contributed by atoms with Gasteiger partial charge in [0.2, 0.25) is 0 Å². The summed E-state index contributed by atoms with van der Waals surface area (Å²) in [6.45, 7) is 0.484. The largest absolute Gasteiger partial charge is 0.481 e. The molecule has 0 fully saturated rings. The number of carbonyl (C=O) groups is 2. The molecule has 1 unspecified atom stereocenters. The minimum atomic E-state index is -0.728. The van der Waals surface area contributed by atoms with Gasteiger partial charge in [-0.2, -0.15) is 5.10 Å². The van der Waals surface area contributed by atoms with Crippen LogP contribution in [0.3, 0.4) is 0 Å². The van der Waals surface area contributed by atoms with E-state index in [1.54, 1.807) is 10.9 Å². The molecule has 1 aromatic heterocycles. The zero-order chi connectivity index (χ0) is 14.5. The van der Waals surface area contributed by atoms with Crippen LogP contribution < -0.4 is 0 Å². The molecule has 1 N–H and O–H groups in total. The van der Waals surface area contributed by atoms with Crippen LogP contribution in [0.5, 0.6) is 0 Å². The number of esters is 1. The second kappa shape index (κ2) is 6.36. The fraction of sp³-hybridized carbons (Fsp3) is 0.500. The van der Waals surface area contributed by atoms with E-state index in [0.29, 0.717) is 19.4 Å². The second-order valence-corrected chi connectivity index (χ2v) is 4.86. The Bertz CT molecular complexity index is 533. The number of allylic oxidation sites excluding steroid dienone is 2. The maximum Gasteiger partial charge on any atom is 0.307 e.